The SMILES string of the molecule is NC(=O)c1cc(C(F)(F)F)cc(C(F)(F)F)c1C[C@H]1CC[C@H](N)CC1. The monoisotopic (exact) mass is 368 g/mol. The molecule has 25 heavy (non-hydrogen) atoms. The van der Waals surface area contributed by atoms with Crippen LogP contribution in [-0.4, -0.2) is 11.9 Å². The van der Waals surface area contributed by atoms with E-state index in [1.807, 2.05) is 0 Å². The molecule has 0 spiro atoms. The van der Waals surface area contributed by atoms with E-state index in [1.54, 1.807) is 0 Å². The Morgan fingerprint density at radius 1 is 1.00 bits per heavy atom. The van der Waals surface area contributed by atoms with E-state index < -0.39 is 40.5 Å². The van der Waals surface area contributed by atoms with Crippen LogP contribution in [0.4, 0.5) is 26.3 Å². The van der Waals surface area contributed by atoms with Crippen molar-refractivity contribution in [2.24, 2.45) is 17.4 Å². The third kappa shape index (κ3) is 4.65. The van der Waals surface area contributed by atoms with Gasteiger partial charge in [0.25, 0.3) is 0 Å². The predicted molar refractivity (Wildman–Crippen MR) is 78.6 cm³/mol. The summed E-state index contributed by atoms with van der Waals surface area (Å²) in [6.45, 7) is 0. The second-order valence-corrected chi connectivity index (χ2v) is 6.39. The molecular weight excluding hydrogens is 350 g/mol. The van der Waals surface area contributed by atoms with Gasteiger partial charge in [0, 0.05) is 11.6 Å². The molecule has 0 saturated heterocycles. The summed E-state index contributed by atoms with van der Waals surface area (Å²) in [6, 6.07) is 0.430. The lowest BCUT2D eigenvalue weighted by atomic mass is 9.80. The number of amides is 1. The topological polar surface area (TPSA) is 69.1 Å². The van der Waals surface area contributed by atoms with Gasteiger partial charge in [-0.1, -0.05) is 0 Å². The molecule has 140 valence electrons. The molecule has 1 aromatic carbocycles. The van der Waals surface area contributed by atoms with E-state index in [9.17, 15) is 31.1 Å². The second-order valence-electron chi connectivity index (χ2n) is 6.39. The van der Waals surface area contributed by atoms with Crippen LogP contribution in [0.5, 0.6) is 0 Å². The normalized spacial score (nSPS) is 22.0. The van der Waals surface area contributed by atoms with Crippen LogP contribution >= 0.6 is 0 Å². The van der Waals surface area contributed by atoms with Gasteiger partial charge >= 0.3 is 12.4 Å². The van der Waals surface area contributed by atoms with Crippen molar-refractivity contribution in [3.05, 3.63) is 34.4 Å². The lowest BCUT2D eigenvalue weighted by molar-refractivity contribution is -0.143. The van der Waals surface area contributed by atoms with Gasteiger partial charge in [-0.25, -0.2) is 0 Å². The fourth-order valence-corrected chi connectivity index (χ4v) is 3.21. The first-order valence-corrected chi connectivity index (χ1v) is 7.76. The summed E-state index contributed by atoms with van der Waals surface area (Å²) < 4.78 is 78.7. The third-order valence-electron chi connectivity index (χ3n) is 4.53. The molecule has 9 heteroatoms. The van der Waals surface area contributed by atoms with E-state index in [4.69, 9.17) is 11.5 Å². The zero-order chi connectivity index (χ0) is 19.0. The van der Waals surface area contributed by atoms with Crippen LogP contribution in [0.2, 0.25) is 0 Å². The number of carbonyl (C=O) groups is 1. The molecule has 0 bridgehead atoms. The Morgan fingerprint density at radius 3 is 2.00 bits per heavy atom. The molecule has 0 atom stereocenters. The molecule has 3 nitrogen and oxygen atoms in total. The van der Waals surface area contributed by atoms with Gasteiger partial charge in [-0.15, -0.1) is 0 Å². The molecule has 2 rings (SSSR count). The maximum atomic E-state index is 13.3. The first-order valence-electron chi connectivity index (χ1n) is 7.76. The van der Waals surface area contributed by atoms with E-state index in [1.165, 1.54) is 0 Å². The van der Waals surface area contributed by atoms with Crippen LogP contribution < -0.4 is 11.5 Å². The molecule has 0 unspecified atom stereocenters. The van der Waals surface area contributed by atoms with Crippen LogP contribution in [-0.2, 0) is 18.8 Å². The maximum absolute atomic E-state index is 13.3. The highest BCUT2D eigenvalue weighted by molar-refractivity contribution is 5.95. The Kier molecular flexibility index (Phi) is 5.36. The van der Waals surface area contributed by atoms with Crippen molar-refractivity contribution < 1.29 is 31.1 Å². The average Bonchev–Trinajstić information content (AvgIpc) is 2.47. The first kappa shape index (κ1) is 19.6. The van der Waals surface area contributed by atoms with Gasteiger partial charge in [0.05, 0.1) is 11.1 Å². The lowest BCUT2D eigenvalue weighted by Crippen LogP contribution is -2.28. The van der Waals surface area contributed by atoms with Gasteiger partial charge in [0.15, 0.2) is 0 Å². The molecule has 0 heterocycles. The number of hydrogen-bond donors (Lipinski definition) is 2. The van der Waals surface area contributed by atoms with Gasteiger partial charge in [0.2, 0.25) is 5.91 Å². The number of carbonyl (C=O) groups excluding carboxylic acids is 1. The van der Waals surface area contributed by atoms with Crippen molar-refractivity contribution in [2.75, 3.05) is 0 Å². The standard InChI is InChI=1S/C16H18F6N2O/c17-15(18,19)9-6-12(14(24)25)11(13(7-9)16(20,21)22)5-8-1-3-10(23)4-2-8/h6-8,10H,1-5,23H2,(H2,24,25)/t8-,10-. The molecule has 1 saturated carbocycles. The van der Waals surface area contributed by atoms with E-state index in [0.29, 0.717) is 31.7 Å². The van der Waals surface area contributed by atoms with Crippen molar-refractivity contribution >= 4 is 5.91 Å². The molecule has 0 aliphatic heterocycles. The van der Waals surface area contributed by atoms with Crippen molar-refractivity contribution in [1.82, 2.24) is 0 Å². The number of rotatable bonds is 3. The van der Waals surface area contributed by atoms with Crippen LogP contribution in [0.15, 0.2) is 12.1 Å². The number of hydrogen-bond acceptors (Lipinski definition) is 2. The highest BCUT2D eigenvalue weighted by Gasteiger charge is 2.40. The van der Waals surface area contributed by atoms with Gasteiger partial charge < -0.3 is 11.5 Å². The smallest absolute Gasteiger partial charge is 0.366 e. The van der Waals surface area contributed by atoms with Crippen molar-refractivity contribution in [2.45, 2.75) is 50.5 Å². The summed E-state index contributed by atoms with van der Waals surface area (Å²) in [7, 11) is 0. The summed E-state index contributed by atoms with van der Waals surface area (Å²) in [5.41, 5.74) is 6.65. The van der Waals surface area contributed by atoms with Crippen molar-refractivity contribution in [3.8, 4) is 0 Å². The summed E-state index contributed by atoms with van der Waals surface area (Å²) in [6.07, 6.45) is -7.84. The average molecular weight is 368 g/mol. The number of alkyl halides is 6. The second kappa shape index (κ2) is 6.86. The highest BCUT2D eigenvalue weighted by atomic mass is 19.4. The Morgan fingerprint density at radius 2 is 1.56 bits per heavy atom. The zero-order valence-electron chi connectivity index (χ0n) is 13.2. The largest absolute Gasteiger partial charge is 0.416 e. The summed E-state index contributed by atoms with van der Waals surface area (Å²) >= 11 is 0. The molecule has 1 aliphatic rings. The molecular formula is C16H18F6N2O. The van der Waals surface area contributed by atoms with E-state index in [-0.39, 0.29) is 24.4 Å². The molecule has 1 aliphatic carbocycles. The Hall–Kier alpha value is -1.77. The summed E-state index contributed by atoms with van der Waals surface area (Å²) in [4.78, 5) is 11.5. The van der Waals surface area contributed by atoms with Crippen LogP contribution in [0.1, 0.15) is 52.7 Å². The number of halogens is 6. The van der Waals surface area contributed by atoms with Crippen LogP contribution in [0, 0.1) is 5.92 Å². The first-order chi connectivity index (χ1) is 11.4. The van der Waals surface area contributed by atoms with Gasteiger partial charge in [-0.05, 0) is 55.7 Å². The van der Waals surface area contributed by atoms with Crippen molar-refractivity contribution in [1.29, 1.82) is 0 Å². The summed E-state index contributed by atoms with van der Waals surface area (Å²) in [5.74, 6) is -1.49. The third-order valence-corrected chi connectivity index (χ3v) is 4.53. The van der Waals surface area contributed by atoms with Gasteiger partial charge in [-0.3, -0.25) is 4.79 Å². The molecule has 0 radical (unpaired) electrons. The van der Waals surface area contributed by atoms with Crippen LogP contribution in [0.25, 0.3) is 0 Å². The molecule has 4 N–H and O–H groups in total. The van der Waals surface area contributed by atoms with Gasteiger partial charge in [0.1, 0.15) is 0 Å². The fourth-order valence-electron chi connectivity index (χ4n) is 3.21. The van der Waals surface area contributed by atoms with Crippen molar-refractivity contribution in [3.63, 3.8) is 0 Å². The minimum atomic E-state index is -5.02. The molecule has 0 aromatic heterocycles. The quantitative estimate of drug-likeness (QED) is 0.795. The predicted octanol–water partition coefficient (Wildman–Crippen LogP) is 3.88. The van der Waals surface area contributed by atoms with E-state index >= 15 is 0 Å². The fraction of sp³-hybridized carbons (Fsp3) is 0.562. The lowest BCUT2D eigenvalue weighted by Gasteiger charge is -2.28. The molecule has 1 fully saturated rings. The Balaban J connectivity index is 2.53. The summed E-state index contributed by atoms with van der Waals surface area (Å²) in [5, 5.41) is 0. The number of benzene rings is 1. The number of nitrogens with two attached hydrogens (primary N) is 2. The molecule has 1 aromatic rings. The minimum Gasteiger partial charge on any atom is -0.366 e. The van der Waals surface area contributed by atoms with Crippen LogP contribution in [0.3, 0.4) is 0 Å². The Labute approximate surface area is 140 Å². The van der Waals surface area contributed by atoms with Gasteiger partial charge in [-0.2, -0.15) is 26.3 Å². The number of primary amides is 1. The highest BCUT2D eigenvalue weighted by Crippen LogP contribution is 2.40. The molecule has 1 amide bonds. The maximum Gasteiger partial charge on any atom is 0.416 e. The van der Waals surface area contributed by atoms with E-state index in [0.717, 1.165) is 0 Å². The Bertz CT molecular complexity index is 645. The zero-order valence-corrected chi connectivity index (χ0v) is 13.2. The minimum absolute atomic E-state index is 0.0263. The van der Waals surface area contributed by atoms with E-state index in [2.05, 4.69) is 0 Å².